The minimum absolute atomic E-state index is 0.146. The van der Waals surface area contributed by atoms with Crippen LogP contribution >= 0.6 is 0 Å². The van der Waals surface area contributed by atoms with Crippen molar-refractivity contribution in [1.82, 2.24) is 15.5 Å². The van der Waals surface area contributed by atoms with Crippen LogP contribution < -0.4 is 15.5 Å². The predicted octanol–water partition coefficient (Wildman–Crippen LogP) is 4.28. The van der Waals surface area contributed by atoms with Crippen LogP contribution in [0.5, 0.6) is 0 Å². The fourth-order valence-electron chi connectivity index (χ4n) is 4.52. The lowest BCUT2D eigenvalue weighted by molar-refractivity contribution is 0.0409. The highest BCUT2D eigenvalue weighted by Gasteiger charge is 2.31. The molecule has 2 amide bonds. The van der Waals surface area contributed by atoms with Gasteiger partial charge in [-0.3, -0.25) is 4.90 Å². The largest absolute Gasteiger partial charge is 0.444 e. The molecule has 3 rings (SSSR count). The van der Waals surface area contributed by atoms with Crippen LogP contribution in [0.4, 0.5) is 15.3 Å². The second kappa shape index (κ2) is 10.8. The first-order chi connectivity index (χ1) is 15.9. The molecule has 8 heteroatoms. The van der Waals surface area contributed by atoms with Crippen LogP contribution in [0.2, 0.25) is 0 Å². The standard InChI is InChI=1S/C26H42N4O4/c1-25(2,3)33-23(31)27-20-15-21(28-24(32)34-26(4,5)6)18-29(17-20)16-19-9-11-22(12-10-19)30-13-7-8-14-30/h9-12,20-21H,7-8,13-18H2,1-6H3,(H,27,31)(H,28,32). The Kier molecular flexibility index (Phi) is 8.34. The number of anilines is 1. The first kappa shape index (κ1) is 26.1. The first-order valence-electron chi connectivity index (χ1n) is 12.4. The summed E-state index contributed by atoms with van der Waals surface area (Å²) < 4.78 is 10.9. The highest BCUT2D eigenvalue weighted by Crippen LogP contribution is 2.22. The molecule has 0 aliphatic carbocycles. The van der Waals surface area contributed by atoms with Gasteiger partial charge in [-0.25, -0.2) is 9.59 Å². The number of benzene rings is 1. The summed E-state index contributed by atoms with van der Waals surface area (Å²) in [4.78, 5) is 29.5. The van der Waals surface area contributed by atoms with E-state index in [9.17, 15) is 9.59 Å². The number of ether oxygens (including phenoxy) is 2. The Bertz CT molecular complexity index is 785. The number of nitrogens with one attached hydrogen (secondary N) is 2. The van der Waals surface area contributed by atoms with E-state index in [2.05, 4.69) is 44.7 Å². The number of alkyl carbamates (subject to hydrolysis) is 2. The van der Waals surface area contributed by atoms with Crippen LogP contribution in [0, 0.1) is 0 Å². The Morgan fingerprint density at radius 2 is 1.32 bits per heavy atom. The molecule has 2 N–H and O–H groups in total. The zero-order chi connectivity index (χ0) is 24.9. The molecule has 2 saturated heterocycles. The van der Waals surface area contributed by atoms with E-state index in [0.29, 0.717) is 19.5 Å². The van der Waals surface area contributed by atoms with Crippen LogP contribution in [0.1, 0.15) is 66.4 Å². The number of piperidine rings is 1. The first-order valence-corrected chi connectivity index (χ1v) is 12.4. The van der Waals surface area contributed by atoms with Gasteiger partial charge in [0, 0.05) is 50.5 Å². The number of rotatable bonds is 5. The van der Waals surface area contributed by atoms with Crippen molar-refractivity contribution in [3.63, 3.8) is 0 Å². The molecule has 2 aliphatic rings. The van der Waals surface area contributed by atoms with Crippen LogP contribution in [-0.4, -0.2) is 66.6 Å². The third kappa shape index (κ3) is 8.70. The average molecular weight is 475 g/mol. The second-order valence-corrected chi connectivity index (χ2v) is 11.5. The molecule has 2 unspecified atom stereocenters. The van der Waals surface area contributed by atoms with Crippen molar-refractivity contribution < 1.29 is 19.1 Å². The average Bonchev–Trinajstić information content (AvgIpc) is 3.20. The molecule has 190 valence electrons. The minimum Gasteiger partial charge on any atom is -0.444 e. The smallest absolute Gasteiger partial charge is 0.407 e. The lowest BCUT2D eigenvalue weighted by Gasteiger charge is -2.38. The summed E-state index contributed by atoms with van der Waals surface area (Å²) in [6.45, 7) is 15.4. The van der Waals surface area contributed by atoms with Crippen LogP contribution in [-0.2, 0) is 16.0 Å². The maximum atomic E-state index is 12.4. The van der Waals surface area contributed by atoms with E-state index in [4.69, 9.17) is 9.47 Å². The molecule has 0 bridgehead atoms. The molecule has 2 atom stereocenters. The fourth-order valence-corrected chi connectivity index (χ4v) is 4.52. The Morgan fingerprint density at radius 1 is 0.853 bits per heavy atom. The topological polar surface area (TPSA) is 83.1 Å². The van der Waals surface area contributed by atoms with E-state index in [-0.39, 0.29) is 12.1 Å². The molecular formula is C26H42N4O4. The fraction of sp³-hybridized carbons (Fsp3) is 0.692. The Balaban J connectivity index is 1.64. The Labute approximate surface area is 204 Å². The summed E-state index contributed by atoms with van der Waals surface area (Å²) in [5.41, 5.74) is 1.35. The second-order valence-electron chi connectivity index (χ2n) is 11.5. The van der Waals surface area contributed by atoms with Gasteiger partial charge in [0.2, 0.25) is 0 Å². The van der Waals surface area contributed by atoms with E-state index in [0.717, 1.165) is 19.6 Å². The molecule has 1 aromatic rings. The number of nitrogens with zero attached hydrogens (tertiary/aromatic N) is 2. The lowest BCUT2D eigenvalue weighted by Crippen LogP contribution is -2.57. The molecule has 0 saturated carbocycles. The van der Waals surface area contributed by atoms with E-state index < -0.39 is 23.4 Å². The maximum Gasteiger partial charge on any atom is 0.407 e. The molecule has 8 nitrogen and oxygen atoms in total. The molecule has 1 aromatic carbocycles. The summed E-state index contributed by atoms with van der Waals surface area (Å²) in [6, 6.07) is 8.44. The van der Waals surface area contributed by atoms with Gasteiger partial charge >= 0.3 is 12.2 Å². The van der Waals surface area contributed by atoms with Crippen LogP contribution in [0.15, 0.2) is 24.3 Å². The van der Waals surface area contributed by atoms with Crippen LogP contribution in [0.3, 0.4) is 0 Å². The number of hydrogen-bond acceptors (Lipinski definition) is 6. The number of carbonyl (C=O) groups is 2. The highest BCUT2D eigenvalue weighted by atomic mass is 16.6. The van der Waals surface area contributed by atoms with Gasteiger partial charge in [0.05, 0.1) is 0 Å². The minimum atomic E-state index is -0.566. The zero-order valence-corrected chi connectivity index (χ0v) is 21.6. The Hall–Kier alpha value is -2.48. The zero-order valence-electron chi connectivity index (χ0n) is 21.6. The van der Waals surface area contributed by atoms with Crippen molar-refractivity contribution in [3.05, 3.63) is 29.8 Å². The summed E-state index contributed by atoms with van der Waals surface area (Å²) in [6.07, 6.45) is 2.25. The van der Waals surface area contributed by atoms with Gasteiger partial charge in [-0.2, -0.15) is 0 Å². The molecule has 2 aliphatic heterocycles. The molecular weight excluding hydrogens is 432 g/mol. The number of hydrogen-bond donors (Lipinski definition) is 2. The van der Waals surface area contributed by atoms with Crippen molar-refractivity contribution in [1.29, 1.82) is 0 Å². The third-order valence-electron chi connectivity index (χ3n) is 5.78. The highest BCUT2D eigenvalue weighted by molar-refractivity contribution is 5.69. The van der Waals surface area contributed by atoms with Gasteiger partial charge in [-0.15, -0.1) is 0 Å². The van der Waals surface area contributed by atoms with E-state index >= 15 is 0 Å². The van der Waals surface area contributed by atoms with E-state index in [1.54, 1.807) is 0 Å². The van der Waals surface area contributed by atoms with Gasteiger partial charge in [-0.05, 0) is 78.5 Å². The van der Waals surface area contributed by atoms with Crippen molar-refractivity contribution in [2.75, 3.05) is 31.1 Å². The summed E-state index contributed by atoms with van der Waals surface area (Å²) in [5, 5.41) is 5.97. The number of carbonyl (C=O) groups excluding carboxylic acids is 2. The molecule has 34 heavy (non-hydrogen) atoms. The van der Waals surface area contributed by atoms with Gasteiger partial charge in [0.1, 0.15) is 11.2 Å². The quantitative estimate of drug-likeness (QED) is 0.663. The predicted molar refractivity (Wildman–Crippen MR) is 134 cm³/mol. The third-order valence-corrected chi connectivity index (χ3v) is 5.78. The van der Waals surface area contributed by atoms with Gasteiger partial charge in [0.25, 0.3) is 0 Å². The molecule has 0 spiro atoms. The summed E-state index contributed by atoms with van der Waals surface area (Å²) >= 11 is 0. The number of amides is 2. The van der Waals surface area contributed by atoms with E-state index in [1.807, 2.05) is 41.5 Å². The summed E-state index contributed by atoms with van der Waals surface area (Å²) in [5.74, 6) is 0. The molecule has 2 fully saturated rings. The van der Waals surface area contributed by atoms with E-state index in [1.165, 1.54) is 24.1 Å². The van der Waals surface area contributed by atoms with Crippen molar-refractivity contribution in [2.24, 2.45) is 0 Å². The summed E-state index contributed by atoms with van der Waals surface area (Å²) in [7, 11) is 0. The maximum absolute atomic E-state index is 12.4. The van der Waals surface area contributed by atoms with Crippen molar-refractivity contribution in [2.45, 2.75) is 90.6 Å². The molecule has 0 aromatic heterocycles. The normalized spacial score (nSPS) is 21.8. The van der Waals surface area contributed by atoms with Crippen molar-refractivity contribution in [3.8, 4) is 0 Å². The van der Waals surface area contributed by atoms with Gasteiger partial charge in [0.15, 0.2) is 0 Å². The van der Waals surface area contributed by atoms with Crippen LogP contribution in [0.25, 0.3) is 0 Å². The SMILES string of the molecule is CC(C)(C)OC(=O)NC1CC(NC(=O)OC(C)(C)C)CN(Cc2ccc(N3CCCC3)cc2)C1. The monoisotopic (exact) mass is 474 g/mol. The number of likely N-dealkylation sites (tertiary alicyclic amines) is 1. The molecule has 0 radical (unpaired) electrons. The lowest BCUT2D eigenvalue weighted by atomic mass is 10.00. The molecule has 2 heterocycles. The van der Waals surface area contributed by atoms with Gasteiger partial charge in [-0.1, -0.05) is 12.1 Å². The Morgan fingerprint density at radius 3 is 1.76 bits per heavy atom. The van der Waals surface area contributed by atoms with Crippen molar-refractivity contribution >= 4 is 17.9 Å². The van der Waals surface area contributed by atoms with Gasteiger partial charge < -0.3 is 25.0 Å².